The van der Waals surface area contributed by atoms with E-state index in [0.29, 0.717) is 6.61 Å². The minimum Gasteiger partial charge on any atom is -0.394 e. The smallest absolute Gasteiger partial charge is 0.211 e. The first-order chi connectivity index (χ1) is 5.62. The van der Waals surface area contributed by atoms with Crippen molar-refractivity contribution in [1.29, 1.82) is 0 Å². The molecular formula is C6H15NO4S. The van der Waals surface area contributed by atoms with Gasteiger partial charge < -0.3 is 9.84 Å². The fourth-order valence-corrected chi connectivity index (χ4v) is 1.14. The molecule has 5 nitrogen and oxygen atoms in total. The number of hydrogen-bond donors (Lipinski definition) is 2. The van der Waals surface area contributed by atoms with E-state index in [0.717, 1.165) is 0 Å². The Bertz CT molecular complexity index is 190. The van der Waals surface area contributed by atoms with E-state index >= 15 is 0 Å². The highest BCUT2D eigenvalue weighted by Gasteiger charge is 2.03. The van der Waals surface area contributed by atoms with Gasteiger partial charge in [-0.1, -0.05) is 0 Å². The normalized spacial score (nSPS) is 11.8. The Morgan fingerprint density at radius 3 is 2.58 bits per heavy atom. The summed E-state index contributed by atoms with van der Waals surface area (Å²) in [6, 6.07) is 0. The molecule has 0 saturated heterocycles. The van der Waals surface area contributed by atoms with Gasteiger partial charge in [0.1, 0.15) is 0 Å². The number of aliphatic hydroxyl groups excluding tert-OH is 1. The number of rotatable bonds is 7. The second-order valence-corrected chi connectivity index (χ2v) is 4.23. The fourth-order valence-electron chi connectivity index (χ4n) is 0.538. The summed E-state index contributed by atoms with van der Waals surface area (Å²) in [5, 5.41) is 8.31. The van der Waals surface area contributed by atoms with Crippen molar-refractivity contribution in [3.63, 3.8) is 0 Å². The van der Waals surface area contributed by atoms with Gasteiger partial charge in [-0.25, -0.2) is 13.1 Å². The molecule has 0 atom stereocenters. The van der Waals surface area contributed by atoms with E-state index in [1.54, 1.807) is 6.92 Å². The van der Waals surface area contributed by atoms with Gasteiger partial charge >= 0.3 is 0 Å². The number of nitrogens with one attached hydrogen (secondary N) is 1. The van der Waals surface area contributed by atoms with E-state index in [1.807, 2.05) is 0 Å². The number of aliphatic hydroxyl groups is 1. The van der Waals surface area contributed by atoms with Crippen molar-refractivity contribution in [2.45, 2.75) is 6.92 Å². The van der Waals surface area contributed by atoms with Crippen LogP contribution in [0.4, 0.5) is 0 Å². The third-order valence-corrected chi connectivity index (χ3v) is 2.59. The molecule has 0 aliphatic carbocycles. The van der Waals surface area contributed by atoms with Crippen molar-refractivity contribution < 1.29 is 18.3 Å². The van der Waals surface area contributed by atoms with Crippen LogP contribution in [0.1, 0.15) is 6.92 Å². The van der Waals surface area contributed by atoms with Crippen LogP contribution >= 0.6 is 0 Å². The van der Waals surface area contributed by atoms with Crippen molar-refractivity contribution in [1.82, 2.24) is 4.72 Å². The zero-order valence-corrected chi connectivity index (χ0v) is 7.93. The molecular weight excluding hydrogens is 182 g/mol. The van der Waals surface area contributed by atoms with Gasteiger partial charge in [0.2, 0.25) is 10.0 Å². The summed E-state index contributed by atoms with van der Waals surface area (Å²) < 4.78 is 28.8. The molecule has 2 N–H and O–H groups in total. The maximum Gasteiger partial charge on any atom is 0.211 e. The van der Waals surface area contributed by atoms with Crippen LogP contribution in [0, 0.1) is 0 Å². The van der Waals surface area contributed by atoms with Gasteiger partial charge in [-0.2, -0.15) is 0 Å². The summed E-state index contributed by atoms with van der Waals surface area (Å²) in [4.78, 5) is 0. The number of ether oxygens (including phenoxy) is 1. The largest absolute Gasteiger partial charge is 0.394 e. The molecule has 0 aromatic rings. The molecule has 0 amide bonds. The molecule has 0 aromatic heterocycles. The quantitative estimate of drug-likeness (QED) is 0.510. The van der Waals surface area contributed by atoms with E-state index in [9.17, 15) is 8.42 Å². The number of hydrogen-bond acceptors (Lipinski definition) is 4. The van der Waals surface area contributed by atoms with Gasteiger partial charge in [-0.3, -0.25) is 0 Å². The minimum atomic E-state index is -3.10. The van der Waals surface area contributed by atoms with Crippen LogP contribution < -0.4 is 4.72 Å². The maximum absolute atomic E-state index is 10.8. The van der Waals surface area contributed by atoms with E-state index in [-0.39, 0.29) is 25.5 Å². The van der Waals surface area contributed by atoms with E-state index < -0.39 is 10.0 Å². The van der Waals surface area contributed by atoms with Crippen LogP contribution in [0.3, 0.4) is 0 Å². The second-order valence-electron chi connectivity index (χ2n) is 2.13. The molecule has 12 heavy (non-hydrogen) atoms. The molecule has 0 heterocycles. The van der Waals surface area contributed by atoms with Gasteiger partial charge in [0.05, 0.1) is 25.6 Å². The Hall–Kier alpha value is -0.170. The molecule has 0 aliphatic heterocycles. The minimum absolute atomic E-state index is 0.0411. The summed E-state index contributed by atoms with van der Waals surface area (Å²) in [6.45, 7) is 2.32. The fraction of sp³-hybridized carbons (Fsp3) is 1.00. The molecule has 0 rings (SSSR count). The molecule has 0 bridgehead atoms. The Morgan fingerprint density at radius 1 is 1.42 bits per heavy atom. The lowest BCUT2D eigenvalue weighted by Gasteiger charge is -2.03. The van der Waals surface area contributed by atoms with Gasteiger partial charge in [0.15, 0.2) is 0 Å². The van der Waals surface area contributed by atoms with Crippen LogP contribution in [-0.2, 0) is 14.8 Å². The molecule has 0 aliphatic rings. The van der Waals surface area contributed by atoms with Gasteiger partial charge in [-0.15, -0.1) is 0 Å². The zero-order chi connectivity index (χ0) is 9.45. The topological polar surface area (TPSA) is 75.6 Å². The zero-order valence-electron chi connectivity index (χ0n) is 7.12. The molecule has 0 unspecified atom stereocenters. The highest BCUT2D eigenvalue weighted by molar-refractivity contribution is 7.89. The Kier molecular flexibility index (Phi) is 6.27. The van der Waals surface area contributed by atoms with Crippen LogP contribution in [0.25, 0.3) is 0 Å². The Balaban J connectivity index is 3.32. The lowest BCUT2D eigenvalue weighted by atomic mass is 10.7. The van der Waals surface area contributed by atoms with Crippen molar-refractivity contribution in [2.75, 3.05) is 32.1 Å². The van der Waals surface area contributed by atoms with Crippen LogP contribution in [0.2, 0.25) is 0 Å². The van der Waals surface area contributed by atoms with E-state index in [1.165, 1.54) is 0 Å². The van der Waals surface area contributed by atoms with Crippen molar-refractivity contribution in [3.05, 3.63) is 0 Å². The van der Waals surface area contributed by atoms with Crippen LogP contribution in [-0.4, -0.2) is 45.6 Å². The van der Waals surface area contributed by atoms with Crippen molar-refractivity contribution >= 4 is 10.0 Å². The average Bonchev–Trinajstić information content (AvgIpc) is 2.04. The molecule has 0 spiro atoms. The van der Waals surface area contributed by atoms with Crippen LogP contribution in [0.5, 0.6) is 0 Å². The second kappa shape index (κ2) is 6.36. The first-order valence-corrected chi connectivity index (χ1v) is 5.43. The standard InChI is InChI=1S/C6H15NO4S/c1-2-12(9,10)7-3-5-11-6-4-8/h7-8H,2-6H2,1H3. The number of sulfonamides is 1. The predicted molar refractivity (Wildman–Crippen MR) is 45.4 cm³/mol. The van der Waals surface area contributed by atoms with Gasteiger partial charge in [-0.05, 0) is 6.92 Å². The van der Waals surface area contributed by atoms with Gasteiger partial charge in [0.25, 0.3) is 0 Å². The summed E-state index contributed by atoms with van der Waals surface area (Å²) in [6.07, 6.45) is 0. The predicted octanol–water partition coefficient (Wildman–Crippen LogP) is -1.07. The highest BCUT2D eigenvalue weighted by Crippen LogP contribution is 1.81. The summed E-state index contributed by atoms with van der Waals surface area (Å²) in [5.41, 5.74) is 0. The van der Waals surface area contributed by atoms with E-state index in [4.69, 9.17) is 9.84 Å². The first-order valence-electron chi connectivity index (χ1n) is 3.78. The monoisotopic (exact) mass is 197 g/mol. The summed E-state index contributed by atoms with van der Waals surface area (Å²) >= 11 is 0. The summed E-state index contributed by atoms with van der Waals surface area (Å²) in [7, 11) is -3.10. The summed E-state index contributed by atoms with van der Waals surface area (Å²) in [5.74, 6) is 0.0764. The highest BCUT2D eigenvalue weighted by atomic mass is 32.2. The third-order valence-electron chi connectivity index (χ3n) is 1.18. The Labute approximate surface area is 72.8 Å². The average molecular weight is 197 g/mol. The molecule has 0 radical (unpaired) electrons. The Morgan fingerprint density at radius 2 is 2.08 bits per heavy atom. The molecule has 74 valence electrons. The van der Waals surface area contributed by atoms with Crippen molar-refractivity contribution in [2.24, 2.45) is 0 Å². The molecule has 0 aromatic carbocycles. The van der Waals surface area contributed by atoms with E-state index in [2.05, 4.69) is 4.72 Å². The van der Waals surface area contributed by atoms with Gasteiger partial charge in [0, 0.05) is 6.54 Å². The SMILES string of the molecule is CCS(=O)(=O)NCCOCCO. The third kappa shape index (κ3) is 6.53. The molecule has 6 heteroatoms. The molecule has 0 saturated carbocycles. The van der Waals surface area contributed by atoms with Crippen LogP contribution in [0.15, 0.2) is 0 Å². The van der Waals surface area contributed by atoms with Crippen molar-refractivity contribution in [3.8, 4) is 0 Å². The lowest BCUT2D eigenvalue weighted by Crippen LogP contribution is -2.28. The first kappa shape index (κ1) is 11.8. The maximum atomic E-state index is 10.8. The molecule has 0 fully saturated rings. The lowest BCUT2D eigenvalue weighted by molar-refractivity contribution is 0.0961.